The molecule has 3 N–H and O–H groups in total. The Bertz CT molecular complexity index is 901. The van der Waals surface area contributed by atoms with Gasteiger partial charge in [-0.25, -0.2) is 9.37 Å². The maximum Gasteiger partial charge on any atom is 0.255 e. The first-order valence-electron chi connectivity index (χ1n) is 8.07. The topological polar surface area (TPSA) is 77.2 Å². The zero-order chi connectivity index (χ0) is 18.4. The lowest BCUT2D eigenvalue weighted by atomic mass is 10.2. The first-order valence-corrected chi connectivity index (χ1v) is 8.07. The monoisotopic (exact) mass is 351 g/mol. The number of halogens is 1. The molecule has 0 fully saturated rings. The van der Waals surface area contributed by atoms with E-state index in [-0.39, 0.29) is 17.9 Å². The van der Waals surface area contributed by atoms with Crippen LogP contribution in [0.15, 0.2) is 66.9 Å². The van der Waals surface area contributed by atoms with Crippen molar-refractivity contribution in [2.24, 2.45) is 0 Å². The fourth-order valence-corrected chi connectivity index (χ4v) is 2.38. The van der Waals surface area contributed by atoms with E-state index >= 15 is 0 Å². The number of nitrogens with zero attached hydrogens (tertiary/aromatic N) is 1. The predicted molar refractivity (Wildman–Crippen MR) is 97.0 cm³/mol. The molecule has 0 spiro atoms. The Hall–Kier alpha value is -3.41. The summed E-state index contributed by atoms with van der Waals surface area (Å²) in [5.41, 5.74) is 7.27. The van der Waals surface area contributed by atoms with Gasteiger partial charge in [0.15, 0.2) is 0 Å². The SMILES string of the molecule is Nc1ncccc1C(=O)NCc1ccc(OCc2ccccc2)cc1F. The van der Waals surface area contributed by atoms with E-state index in [1.54, 1.807) is 24.3 Å². The Morgan fingerprint density at radius 1 is 1.12 bits per heavy atom. The fraction of sp³-hybridized carbons (Fsp3) is 0.100. The molecule has 132 valence electrons. The van der Waals surface area contributed by atoms with Crippen LogP contribution in [0.4, 0.5) is 10.2 Å². The predicted octanol–water partition coefficient (Wildman–Crippen LogP) is 3.31. The summed E-state index contributed by atoms with van der Waals surface area (Å²) >= 11 is 0. The molecule has 6 heteroatoms. The second-order valence-electron chi connectivity index (χ2n) is 5.65. The van der Waals surface area contributed by atoms with Gasteiger partial charge in [-0.1, -0.05) is 36.4 Å². The summed E-state index contributed by atoms with van der Waals surface area (Å²) in [7, 11) is 0. The molecule has 1 amide bonds. The minimum Gasteiger partial charge on any atom is -0.489 e. The maximum absolute atomic E-state index is 14.2. The number of pyridine rings is 1. The second kappa shape index (κ2) is 8.11. The summed E-state index contributed by atoms with van der Waals surface area (Å²) in [5, 5.41) is 2.63. The molecule has 0 radical (unpaired) electrons. The van der Waals surface area contributed by atoms with Crippen molar-refractivity contribution in [3.05, 3.63) is 89.4 Å². The molecule has 0 unspecified atom stereocenters. The molecule has 0 atom stereocenters. The fourth-order valence-electron chi connectivity index (χ4n) is 2.38. The third kappa shape index (κ3) is 4.36. The maximum atomic E-state index is 14.2. The van der Waals surface area contributed by atoms with Crippen molar-refractivity contribution >= 4 is 11.7 Å². The first kappa shape index (κ1) is 17.4. The quantitative estimate of drug-likeness (QED) is 0.714. The Balaban J connectivity index is 1.59. The number of rotatable bonds is 6. The number of nitrogen functional groups attached to an aromatic ring is 1. The number of hydrogen-bond donors (Lipinski definition) is 2. The van der Waals surface area contributed by atoms with Crippen LogP contribution in [0.3, 0.4) is 0 Å². The van der Waals surface area contributed by atoms with E-state index in [9.17, 15) is 9.18 Å². The molecule has 0 aliphatic carbocycles. The van der Waals surface area contributed by atoms with Crippen LogP contribution < -0.4 is 15.8 Å². The van der Waals surface area contributed by atoms with Gasteiger partial charge in [-0.15, -0.1) is 0 Å². The van der Waals surface area contributed by atoms with Gasteiger partial charge >= 0.3 is 0 Å². The van der Waals surface area contributed by atoms with Gasteiger partial charge in [0.2, 0.25) is 0 Å². The highest BCUT2D eigenvalue weighted by molar-refractivity contribution is 5.98. The van der Waals surface area contributed by atoms with E-state index in [1.165, 1.54) is 12.3 Å². The zero-order valence-corrected chi connectivity index (χ0v) is 14.0. The Morgan fingerprint density at radius 3 is 2.65 bits per heavy atom. The molecule has 3 aromatic rings. The van der Waals surface area contributed by atoms with Crippen LogP contribution in [-0.2, 0) is 13.2 Å². The normalized spacial score (nSPS) is 10.3. The minimum atomic E-state index is -0.449. The summed E-state index contributed by atoms with van der Waals surface area (Å²) < 4.78 is 19.8. The van der Waals surface area contributed by atoms with Crippen LogP contribution in [0.25, 0.3) is 0 Å². The van der Waals surface area contributed by atoms with Gasteiger partial charge in [0, 0.05) is 24.4 Å². The van der Waals surface area contributed by atoms with Gasteiger partial charge in [0.1, 0.15) is 24.0 Å². The lowest BCUT2D eigenvalue weighted by Crippen LogP contribution is -2.24. The van der Waals surface area contributed by atoms with Crippen LogP contribution in [0.1, 0.15) is 21.5 Å². The molecule has 0 aliphatic rings. The molecule has 2 aromatic carbocycles. The molecular formula is C20H18FN3O2. The van der Waals surface area contributed by atoms with E-state index < -0.39 is 11.7 Å². The van der Waals surface area contributed by atoms with Crippen molar-refractivity contribution in [1.82, 2.24) is 10.3 Å². The van der Waals surface area contributed by atoms with Gasteiger partial charge in [0.25, 0.3) is 5.91 Å². The van der Waals surface area contributed by atoms with Crippen LogP contribution in [0.2, 0.25) is 0 Å². The number of carbonyl (C=O) groups excluding carboxylic acids is 1. The number of nitrogens with one attached hydrogen (secondary N) is 1. The number of anilines is 1. The average Bonchev–Trinajstić information content (AvgIpc) is 2.66. The first-order chi connectivity index (χ1) is 12.6. The summed E-state index contributed by atoms with van der Waals surface area (Å²) in [6.07, 6.45) is 1.50. The summed E-state index contributed by atoms with van der Waals surface area (Å²) in [5.74, 6) is -0.289. The summed E-state index contributed by atoms with van der Waals surface area (Å²) in [4.78, 5) is 16.0. The van der Waals surface area contributed by atoms with E-state index in [4.69, 9.17) is 10.5 Å². The molecule has 0 saturated heterocycles. The number of hydrogen-bond acceptors (Lipinski definition) is 4. The Labute approximate surface area is 150 Å². The number of aromatic nitrogens is 1. The third-order valence-electron chi connectivity index (χ3n) is 3.80. The molecule has 26 heavy (non-hydrogen) atoms. The Morgan fingerprint density at radius 2 is 1.92 bits per heavy atom. The van der Waals surface area contributed by atoms with Crippen molar-refractivity contribution < 1.29 is 13.9 Å². The van der Waals surface area contributed by atoms with Crippen molar-refractivity contribution in [3.63, 3.8) is 0 Å². The van der Waals surface area contributed by atoms with E-state index in [0.29, 0.717) is 17.9 Å². The van der Waals surface area contributed by atoms with Gasteiger partial charge in [0.05, 0.1) is 5.56 Å². The molecule has 1 heterocycles. The summed E-state index contributed by atoms with van der Waals surface area (Å²) in [6, 6.07) is 17.4. The number of amides is 1. The smallest absolute Gasteiger partial charge is 0.255 e. The lowest BCUT2D eigenvalue weighted by molar-refractivity contribution is 0.0951. The second-order valence-corrected chi connectivity index (χ2v) is 5.65. The highest BCUT2D eigenvalue weighted by Crippen LogP contribution is 2.18. The molecule has 0 bridgehead atoms. The largest absolute Gasteiger partial charge is 0.489 e. The highest BCUT2D eigenvalue weighted by Gasteiger charge is 2.11. The molecule has 0 saturated carbocycles. The number of nitrogens with two attached hydrogens (primary N) is 1. The molecule has 5 nitrogen and oxygen atoms in total. The van der Waals surface area contributed by atoms with Gasteiger partial charge < -0.3 is 15.8 Å². The molecule has 0 aliphatic heterocycles. The van der Waals surface area contributed by atoms with Crippen molar-refractivity contribution in [2.45, 2.75) is 13.2 Å². The average molecular weight is 351 g/mol. The Kier molecular flexibility index (Phi) is 5.43. The van der Waals surface area contributed by atoms with Gasteiger partial charge in [-0.2, -0.15) is 0 Å². The van der Waals surface area contributed by atoms with Crippen LogP contribution in [-0.4, -0.2) is 10.9 Å². The standard InChI is InChI=1S/C20H18FN3O2/c21-18-11-16(26-13-14-5-2-1-3-6-14)9-8-15(18)12-24-20(25)17-7-4-10-23-19(17)22/h1-11H,12-13H2,(H2,22,23)(H,24,25). The van der Waals surface area contributed by atoms with Crippen LogP contribution in [0.5, 0.6) is 5.75 Å². The van der Waals surface area contributed by atoms with Gasteiger partial charge in [-0.3, -0.25) is 4.79 Å². The van der Waals surface area contributed by atoms with E-state index in [1.807, 2.05) is 30.3 Å². The number of benzene rings is 2. The number of ether oxygens (including phenoxy) is 1. The summed E-state index contributed by atoms with van der Waals surface area (Å²) in [6.45, 7) is 0.397. The van der Waals surface area contributed by atoms with Crippen LogP contribution >= 0.6 is 0 Å². The molecule has 1 aromatic heterocycles. The number of carbonyl (C=O) groups is 1. The zero-order valence-electron chi connectivity index (χ0n) is 14.0. The van der Waals surface area contributed by atoms with Gasteiger partial charge in [-0.05, 0) is 23.8 Å². The van der Waals surface area contributed by atoms with Crippen molar-refractivity contribution in [1.29, 1.82) is 0 Å². The minimum absolute atomic E-state index is 0.0396. The third-order valence-corrected chi connectivity index (χ3v) is 3.80. The van der Waals surface area contributed by atoms with Crippen LogP contribution in [0, 0.1) is 5.82 Å². The van der Waals surface area contributed by atoms with E-state index in [0.717, 1.165) is 5.56 Å². The lowest BCUT2D eigenvalue weighted by Gasteiger charge is -2.10. The van der Waals surface area contributed by atoms with E-state index in [2.05, 4.69) is 10.3 Å². The van der Waals surface area contributed by atoms with Crippen molar-refractivity contribution in [2.75, 3.05) is 5.73 Å². The van der Waals surface area contributed by atoms with Crippen molar-refractivity contribution in [3.8, 4) is 5.75 Å². The molecular weight excluding hydrogens is 333 g/mol. The highest BCUT2D eigenvalue weighted by atomic mass is 19.1. The molecule has 3 rings (SSSR count).